The molecule has 0 spiro atoms. The van der Waals surface area contributed by atoms with E-state index in [0.717, 1.165) is 27.7 Å². The molecule has 28 heavy (non-hydrogen) atoms. The maximum absolute atomic E-state index is 12.3. The Morgan fingerprint density at radius 3 is 2.68 bits per heavy atom. The predicted molar refractivity (Wildman–Crippen MR) is 113 cm³/mol. The van der Waals surface area contributed by atoms with Gasteiger partial charge in [0.15, 0.2) is 16.1 Å². The number of anilines is 1. The van der Waals surface area contributed by atoms with Gasteiger partial charge in [-0.2, -0.15) is 0 Å². The summed E-state index contributed by atoms with van der Waals surface area (Å²) in [7, 11) is 1.63. The normalized spacial score (nSPS) is 10.7. The van der Waals surface area contributed by atoms with Crippen molar-refractivity contribution in [2.24, 2.45) is 0 Å². The number of hydrogen-bond acceptors (Lipinski definition) is 7. The van der Waals surface area contributed by atoms with Crippen molar-refractivity contribution in [3.63, 3.8) is 0 Å². The van der Waals surface area contributed by atoms with Crippen molar-refractivity contribution in [3.8, 4) is 17.1 Å². The molecule has 2 heterocycles. The number of amides is 1. The van der Waals surface area contributed by atoms with Gasteiger partial charge in [0, 0.05) is 17.0 Å². The van der Waals surface area contributed by atoms with Crippen LogP contribution in [-0.2, 0) is 11.3 Å². The number of hydrogen-bond donors (Lipinski definition) is 1. The lowest BCUT2D eigenvalue weighted by Crippen LogP contribution is -2.14. The van der Waals surface area contributed by atoms with Gasteiger partial charge in [-0.15, -0.1) is 28.1 Å². The summed E-state index contributed by atoms with van der Waals surface area (Å²) in [6, 6.07) is 7.61. The van der Waals surface area contributed by atoms with Crippen LogP contribution in [0.1, 0.15) is 10.6 Å². The minimum absolute atomic E-state index is 0.127. The molecule has 1 aromatic carbocycles. The summed E-state index contributed by atoms with van der Waals surface area (Å²) in [6.45, 7) is 8.26. The summed E-state index contributed by atoms with van der Waals surface area (Å²) in [5.41, 5.74) is 1.85. The Bertz CT molecular complexity index is 959. The first-order chi connectivity index (χ1) is 13.5. The first-order valence-corrected chi connectivity index (χ1v) is 10.4. The van der Waals surface area contributed by atoms with Crippen LogP contribution in [0.25, 0.3) is 11.4 Å². The summed E-state index contributed by atoms with van der Waals surface area (Å²) >= 11 is 2.80. The summed E-state index contributed by atoms with van der Waals surface area (Å²) in [5.74, 6) is 1.59. The highest BCUT2D eigenvalue weighted by Crippen LogP contribution is 2.26. The maximum Gasteiger partial charge on any atom is 0.236 e. The molecule has 0 aliphatic rings. The van der Waals surface area contributed by atoms with Gasteiger partial charge in [-0.3, -0.25) is 9.36 Å². The second-order valence-electron chi connectivity index (χ2n) is 5.93. The Kier molecular flexibility index (Phi) is 6.48. The molecule has 2 aromatic heterocycles. The molecule has 7 nitrogen and oxygen atoms in total. The Morgan fingerprint density at radius 2 is 2.07 bits per heavy atom. The molecular formula is C19H21N5O2S2. The van der Waals surface area contributed by atoms with Crippen LogP contribution < -0.4 is 10.1 Å². The summed E-state index contributed by atoms with van der Waals surface area (Å²) in [6.07, 6.45) is 1.78. The van der Waals surface area contributed by atoms with Crippen molar-refractivity contribution in [1.82, 2.24) is 19.7 Å². The molecule has 3 rings (SSSR count). The van der Waals surface area contributed by atoms with Crippen molar-refractivity contribution < 1.29 is 9.53 Å². The third-order valence-electron chi connectivity index (χ3n) is 3.98. The van der Waals surface area contributed by atoms with Crippen molar-refractivity contribution in [3.05, 3.63) is 47.5 Å². The Balaban J connectivity index is 1.71. The Hall–Kier alpha value is -2.65. The van der Waals surface area contributed by atoms with E-state index in [1.165, 1.54) is 23.1 Å². The molecule has 0 radical (unpaired) electrons. The van der Waals surface area contributed by atoms with E-state index >= 15 is 0 Å². The molecule has 3 aromatic rings. The molecule has 0 aliphatic carbocycles. The highest BCUT2D eigenvalue weighted by atomic mass is 32.2. The van der Waals surface area contributed by atoms with E-state index in [0.29, 0.717) is 16.8 Å². The SMILES string of the molecule is C=CCn1c(SCC(=O)Nc2nc(C)c(C)s2)nnc1-c1ccc(OC)cc1. The highest BCUT2D eigenvalue weighted by molar-refractivity contribution is 7.99. The molecular weight excluding hydrogens is 394 g/mol. The minimum atomic E-state index is -0.127. The zero-order valence-corrected chi connectivity index (χ0v) is 17.6. The van der Waals surface area contributed by atoms with Gasteiger partial charge in [0.2, 0.25) is 5.91 Å². The number of benzene rings is 1. The van der Waals surface area contributed by atoms with Crippen molar-refractivity contribution in [2.45, 2.75) is 25.5 Å². The van der Waals surface area contributed by atoms with Crippen molar-refractivity contribution in [2.75, 3.05) is 18.2 Å². The van der Waals surface area contributed by atoms with Crippen LogP contribution >= 0.6 is 23.1 Å². The average Bonchev–Trinajstić information content (AvgIpc) is 3.23. The van der Waals surface area contributed by atoms with Gasteiger partial charge in [-0.25, -0.2) is 4.98 Å². The zero-order chi connectivity index (χ0) is 20.1. The maximum atomic E-state index is 12.3. The third-order valence-corrected chi connectivity index (χ3v) is 5.94. The molecule has 0 unspecified atom stereocenters. The fourth-order valence-corrected chi connectivity index (χ4v) is 4.03. The summed E-state index contributed by atoms with van der Waals surface area (Å²) < 4.78 is 7.13. The van der Waals surface area contributed by atoms with Crippen molar-refractivity contribution in [1.29, 1.82) is 0 Å². The fraction of sp³-hybridized carbons (Fsp3) is 0.263. The zero-order valence-electron chi connectivity index (χ0n) is 15.9. The summed E-state index contributed by atoms with van der Waals surface area (Å²) in [5, 5.41) is 12.7. The molecule has 0 fully saturated rings. The van der Waals surface area contributed by atoms with Crippen LogP contribution in [-0.4, -0.2) is 38.5 Å². The molecule has 1 amide bonds. The van der Waals surface area contributed by atoms with Gasteiger partial charge in [0.05, 0.1) is 18.6 Å². The van der Waals surface area contributed by atoms with E-state index in [9.17, 15) is 4.79 Å². The lowest BCUT2D eigenvalue weighted by molar-refractivity contribution is -0.113. The molecule has 0 saturated heterocycles. The van der Waals surface area contributed by atoms with E-state index in [1.807, 2.05) is 42.7 Å². The first kappa shape index (κ1) is 20.1. The number of carbonyl (C=O) groups excluding carboxylic acids is 1. The molecule has 0 atom stereocenters. The van der Waals surface area contributed by atoms with Crippen LogP contribution in [0.3, 0.4) is 0 Å². The number of carbonyl (C=O) groups is 1. The minimum Gasteiger partial charge on any atom is -0.497 e. The van der Waals surface area contributed by atoms with Crippen LogP contribution in [0.5, 0.6) is 5.75 Å². The first-order valence-electron chi connectivity index (χ1n) is 8.57. The van der Waals surface area contributed by atoms with E-state index in [-0.39, 0.29) is 11.7 Å². The van der Waals surface area contributed by atoms with Crippen LogP contribution in [0.2, 0.25) is 0 Å². The van der Waals surface area contributed by atoms with Gasteiger partial charge >= 0.3 is 0 Å². The van der Waals surface area contributed by atoms with E-state index < -0.39 is 0 Å². The Morgan fingerprint density at radius 1 is 1.32 bits per heavy atom. The van der Waals surface area contributed by atoms with Crippen LogP contribution in [0.4, 0.5) is 5.13 Å². The predicted octanol–water partition coefficient (Wildman–Crippen LogP) is 3.94. The molecule has 9 heteroatoms. The number of allylic oxidation sites excluding steroid dienone is 1. The van der Waals surface area contributed by atoms with Gasteiger partial charge in [0.25, 0.3) is 0 Å². The monoisotopic (exact) mass is 415 g/mol. The smallest absolute Gasteiger partial charge is 0.236 e. The number of methoxy groups -OCH3 is 1. The lowest BCUT2D eigenvalue weighted by Gasteiger charge is -2.08. The molecule has 0 bridgehead atoms. The van der Waals surface area contributed by atoms with Crippen molar-refractivity contribution >= 4 is 34.1 Å². The molecule has 1 N–H and O–H groups in total. The number of rotatable bonds is 8. The number of aromatic nitrogens is 4. The van der Waals surface area contributed by atoms with Gasteiger partial charge in [-0.1, -0.05) is 17.8 Å². The van der Waals surface area contributed by atoms with E-state index in [2.05, 4.69) is 27.1 Å². The number of aryl methyl sites for hydroxylation is 2. The second-order valence-corrected chi connectivity index (χ2v) is 8.08. The van der Waals surface area contributed by atoms with Gasteiger partial charge < -0.3 is 10.1 Å². The quantitative estimate of drug-likeness (QED) is 0.443. The van der Waals surface area contributed by atoms with Gasteiger partial charge in [0.1, 0.15) is 5.75 Å². The topological polar surface area (TPSA) is 81.9 Å². The fourth-order valence-electron chi connectivity index (χ4n) is 2.45. The highest BCUT2D eigenvalue weighted by Gasteiger charge is 2.16. The third kappa shape index (κ3) is 4.60. The molecule has 0 saturated carbocycles. The van der Waals surface area contributed by atoms with Crippen LogP contribution in [0, 0.1) is 13.8 Å². The number of nitrogens with one attached hydrogen (secondary N) is 1. The van der Waals surface area contributed by atoms with Gasteiger partial charge in [-0.05, 0) is 38.1 Å². The second kappa shape index (κ2) is 9.03. The average molecular weight is 416 g/mol. The number of ether oxygens (including phenoxy) is 1. The largest absolute Gasteiger partial charge is 0.497 e. The van der Waals surface area contributed by atoms with E-state index in [4.69, 9.17) is 4.74 Å². The lowest BCUT2D eigenvalue weighted by atomic mass is 10.2. The Labute approximate surface area is 171 Å². The number of thioether (sulfide) groups is 1. The molecule has 146 valence electrons. The summed E-state index contributed by atoms with van der Waals surface area (Å²) in [4.78, 5) is 17.7. The molecule has 0 aliphatic heterocycles. The standard InChI is InChI=1S/C19H21N5O2S2/c1-5-10-24-17(14-6-8-15(26-4)9-7-14)22-23-19(24)27-11-16(25)21-18-20-12(2)13(3)28-18/h5-9H,1,10-11H2,2-4H3,(H,20,21,25). The van der Waals surface area contributed by atoms with Crippen LogP contribution in [0.15, 0.2) is 42.1 Å². The number of thiazole rings is 1. The van der Waals surface area contributed by atoms with E-state index in [1.54, 1.807) is 13.2 Å². The number of nitrogens with zero attached hydrogens (tertiary/aromatic N) is 4.